The first kappa shape index (κ1) is 18.6. The Hall–Kier alpha value is -2.43. The van der Waals surface area contributed by atoms with Gasteiger partial charge in [-0.25, -0.2) is 4.98 Å². The van der Waals surface area contributed by atoms with Crippen LogP contribution in [0, 0.1) is 0 Å². The summed E-state index contributed by atoms with van der Waals surface area (Å²) in [7, 11) is 0. The Kier molecular flexibility index (Phi) is 5.21. The number of likely N-dealkylation sites (N-methyl/N-ethyl adjacent to an activating group) is 1. The van der Waals surface area contributed by atoms with Crippen molar-refractivity contribution in [2.24, 2.45) is 0 Å². The molecular weight excluding hydrogens is 358 g/mol. The van der Waals surface area contributed by atoms with Crippen LogP contribution in [0.3, 0.4) is 0 Å². The zero-order chi connectivity index (χ0) is 19.6. The van der Waals surface area contributed by atoms with Crippen molar-refractivity contribution in [3.8, 4) is 11.3 Å². The molecule has 2 saturated heterocycles. The fourth-order valence-electron chi connectivity index (χ4n) is 4.55. The lowest BCUT2D eigenvalue weighted by molar-refractivity contribution is 0.112. The number of piperazine rings is 1. The summed E-state index contributed by atoms with van der Waals surface area (Å²) in [6.45, 7) is 8.52. The lowest BCUT2D eigenvalue weighted by Gasteiger charge is -2.35. The Balaban J connectivity index is 1.49. The number of benzene rings is 2. The average Bonchev–Trinajstić information content (AvgIpc) is 3.33. The fraction of sp³-hybridized carbons (Fsp3) is 0.400. The van der Waals surface area contributed by atoms with Gasteiger partial charge in [0.25, 0.3) is 0 Å². The van der Waals surface area contributed by atoms with E-state index in [-0.39, 0.29) is 6.10 Å². The first-order chi connectivity index (χ1) is 14.3. The fourth-order valence-corrected chi connectivity index (χ4v) is 4.55. The zero-order valence-electron chi connectivity index (χ0n) is 17.2. The van der Waals surface area contributed by atoms with E-state index in [1.165, 1.54) is 21.9 Å². The second kappa shape index (κ2) is 8.13. The van der Waals surface area contributed by atoms with Gasteiger partial charge < -0.3 is 14.5 Å². The van der Waals surface area contributed by atoms with Crippen molar-refractivity contribution in [3.05, 3.63) is 60.2 Å². The monoisotopic (exact) mass is 387 g/mol. The lowest BCUT2D eigenvalue weighted by atomic mass is 10.0. The predicted molar refractivity (Wildman–Crippen MR) is 119 cm³/mol. The van der Waals surface area contributed by atoms with Crippen LogP contribution in [0.15, 0.2) is 54.6 Å². The van der Waals surface area contributed by atoms with Gasteiger partial charge in [0.2, 0.25) is 0 Å². The van der Waals surface area contributed by atoms with Gasteiger partial charge in [0.1, 0.15) is 5.82 Å². The highest BCUT2D eigenvalue weighted by atomic mass is 16.5. The SMILES string of the molecule is CCN1CCN(c2nc(-c3ccc(C4CCCO4)cc3)cc3ccccc23)CC1. The number of nitrogens with zero attached hydrogens (tertiary/aromatic N) is 3. The standard InChI is InChI=1S/C25H29N3O/c1-2-27-13-15-28(16-14-27)25-22-7-4-3-6-21(22)18-23(26-25)19-9-11-20(12-10-19)24-8-5-17-29-24/h3-4,6-7,9-12,18,24H,2,5,8,13-17H2,1H3. The summed E-state index contributed by atoms with van der Waals surface area (Å²) in [5.74, 6) is 1.12. The van der Waals surface area contributed by atoms with Crippen LogP contribution in [0.1, 0.15) is 31.4 Å². The molecule has 5 rings (SSSR count). The van der Waals surface area contributed by atoms with Crippen molar-refractivity contribution in [3.63, 3.8) is 0 Å². The van der Waals surface area contributed by atoms with E-state index in [9.17, 15) is 0 Å². The molecule has 1 unspecified atom stereocenters. The largest absolute Gasteiger partial charge is 0.374 e. The smallest absolute Gasteiger partial charge is 0.137 e. The molecule has 0 amide bonds. The van der Waals surface area contributed by atoms with E-state index < -0.39 is 0 Å². The Labute approximate surface area is 173 Å². The molecule has 0 N–H and O–H groups in total. The van der Waals surface area contributed by atoms with E-state index in [0.717, 1.165) is 63.7 Å². The lowest BCUT2D eigenvalue weighted by Crippen LogP contribution is -2.46. The van der Waals surface area contributed by atoms with Crippen LogP contribution in [-0.2, 0) is 4.74 Å². The molecule has 2 fully saturated rings. The van der Waals surface area contributed by atoms with Gasteiger partial charge in [0, 0.05) is 43.7 Å². The van der Waals surface area contributed by atoms with Gasteiger partial charge >= 0.3 is 0 Å². The summed E-state index contributed by atoms with van der Waals surface area (Å²) >= 11 is 0. The molecule has 4 heteroatoms. The molecule has 0 radical (unpaired) electrons. The van der Waals surface area contributed by atoms with Crippen molar-refractivity contribution in [1.82, 2.24) is 9.88 Å². The predicted octanol–water partition coefficient (Wildman–Crippen LogP) is 4.90. The first-order valence-corrected chi connectivity index (χ1v) is 10.9. The van der Waals surface area contributed by atoms with E-state index in [0.29, 0.717) is 0 Å². The minimum absolute atomic E-state index is 0.263. The van der Waals surface area contributed by atoms with Gasteiger partial charge in [-0.3, -0.25) is 0 Å². The maximum Gasteiger partial charge on any atom is 0.137 e. The van der Waals surface area contributed by atoms with Crippen molar-refractivity contribution in [2.75, 3.05) is 44.2 Å². The molecule has 29 heavy (non-hydrogen) atoms. The number of pyridine rings is 1. The number of fused-ring (bicyclic) bond motifs is 1. The molecule has 0 bridgehead atoms. The van der Waals surface area contributed by atoms with Gasteiger partial charge in [-0.1, -0.05) is 55.5 Å². The van der Waals surface area contributed by atoms with Gasteiger partial charge in [-0.05, 0) is 36.4 Å². The molecule has 0 aliphatic carbocycles. The molecule has 1 atom stereocenters. The maximum absolute atomic E-state index is 5.83. The normalized spacial score (nSPS) is 20.4. The third kappa shape index (κ3) is 3.75. The Morgan fingerprint density at radius 1 is 1.00 bits per heavy atom. The summed E-state index contributed by atoms with van der Waals surface area (Å²) in [5.41, 5.74) is 3.50. The van der Waals surface area contributed by atoms with Crippen molar-refractivity contribution < 1.29 is 4.74 Å². The van der Waals surface area contributed by atoms with Crippen LogP contribution in [0.2, 0.25) is 0 Å². The highest BCUT2D eigenvalue weighted by Gasteiger charge is 2.20. The van der Waals surface area contributed by atoms with Gasteiger partial charge in [0.05, 0.1) is 11.8 Å². The molecule has 2 aromatic carbocycles. The maximum atomic E-state index is 5.83. The molecular formula is C25H29N3O. The van der Waals surface area contributed by atoms with Gasteiger partial charge in [0.15, 0.2) is 0 Å². The molecule has 3 aromatic rings. The minimum atomic E-state index is 0.263. The Morgan fingerprint density at radius 3 is 2.52 bits per heavy atom. The summed E-state index contributed by atoms with van der Waals surface area (Å²) in [5, 5.41) is 2.51. The van der Waals surface area contributed by atoms with Crippen LogP contribution in [0.4, 0.5) is 5.82 Å². The highest BCUT2D eigenvalue weighted by Crippen LogP contribution is 2.33. The zero-order valence-corrected chi connectivity index (χ0v) is 17.2. The van der Waals surface area contributed by atoms with E-state index in [4.69, 9.17) is 9.72 Å². The number of aromatic nitrogens is 1. The summed E-state index contributed by atoms with van der Waals surface area (Å²) < 4.78 is 5.83. The van der Waals surface area contributed by atoms with Gasteiger partial charge in [-0.2, -0.15) is 0 Å². The van der Waals surface area contributed by atoms with Gasteiger partial charge in [-0.15, -0.1) is 0 Å². The third-order valence-corrected chi connectivity index (χ3v) is 6.35. The molecule has 0 spiro atoms. The van der Waals surface area contributed by atoms with Crippen LogP contribution in [0.25, 0.3) is 22.0 Å². The van der Waals surface area contributed by atoms with E-state index in [2.05, 4.69) is 71.3 Å². The topological polar surface area (TPSA) is 28.6 Å². The van der Waals surface area contributed by atoms with E-state index >= 15 is 0 Å². The minimum Gasteiger partial charge on any atom is -0.374 e. The van der Waals surface area contributed by atoms with Crippen molar-refractivity contribution >= 4 is 16.6 Å². The number of hydrogen-bond donors (Lipinski definition) is 0. The van der Waals surface area contributed by atoms with Crippen LogP contribution >= 0.6 is 0 Å². The Bertz CT molecular complexity index is 971. The second-order valence-corrected chi connectivity index (χ2v) is 8.10. The molecule has 150 valence electrons. The van der Waals surface area contributed by atoms with Crippen LogP contribution in [-0.4, -0.2) is 49.2 Å². The summed E-state index contributed by atoms with van der Waals surface area (Å²) in [6, 6.07) is 19.7. The molecule has 2 aliphatic heterocycles. The Morgan fingerprint density at radius 2 is 1.79 bits per heavy atom. The second-order valence-electron chi connectivity index (χ2n) is 8.10. The van der Waals surface area contributed by atoms with Crippen LogP contribution in [0.5, 0.6) is 0 Å². The molecule has 2 aliphatic rings. The third-order valence-electron chi connectivity index (χ3n) is 6.35. The van der Waals surface area contributed by atoms with Crippen molar-refractivity contribution in [1.29, 1.82) is 0 Å². The number of ether oxygens (including phenoxy) is 1. The number of anilines is 1. The van der Waals surface area contributed by atoms with Crippen molar-refractivity contribution in [2.45, 2.75) is 25.9 Å². The molecule has 3 heterocycles. The van der Waals surface area contributed by atoms with Crippen LogP contribution < -0.4 is 4.90 Å². The number of hydrogen-bond acceptors (Lipinski definition) is 4. The average molecular weight is 388 g/mol. The molecule has 1 aromatic heterocycles. The quantitative estimate of drug-likeness (QED) is 0.637. The summed E-state index contributed by atoms with van der Waals surface area (Å²) in [4.78, 5) is 10.1. The molecule has 0 saturated carbocycles. The number of rotatable bonds is 4. The van der Waals surface area contributed by atoms with E-state index in [1.807, 2.05) is 0 Å². The first-order valence-electron chi connectivity index (χ1n) is 10.9. The highest BCUT2D eigenvalue weighted by molar-refractivity contribution is 5.95. The molecule has 4 nitrogen and oxygen atoms in total. The van der Waals surface area contributed by atoms with E-state index in [1.54, 1.807) is 0 Å². The summed E-state index contributed by atoms with van der Waals surface area (Å²) in [6.07, 6.45) is 2.55.